The number of ether oxygens (including phenoxy) is 1. The van der Waals surface area contributed by atoms with Gasteiger partial charge < -0.3 is 14.5 Å². The van der Waals surface area contributed by atoms with Crippen molar-refractivity contribution in [3.8, 4) is 0 Å². The quantitative estimate of drug-likeness (QED) is 0.824. The lowest BCUT2D eigenvalue weighted by atomic mass is 9.73. The van der Waals surface area contributed by atoms with E-state index in [4.69, 9.17) is 4.74 Å². The Morgan fingerprint density at radius 2 is 2.08 bits per heavy atom. The van der Waals surface area contributed by atoms with Crippen LogP contribution in [0.15, 0.2) is 24.3 Å². The van der Waals surface area contributed by atoms with Gasteiger partial charge in [0.25, 0.3) is 0 Å². The second-order valence-corrected chi connectivity index (χ2v) is 8.55. The highest BCUT2D eigenvalue weighted by Gasteiger charge is 2.63. The molecule has 3 aliphatic rings. The van der Waals surface area contributed by atoms with E-state index in [1.165, 1.54) is 17.5 Å². The number of carbonyl (C=O) groups is 1. The van der Waals surface area contributed by atoms with Gasteiger partial charge in [-0.15, -0.1) is 0 Å². The molecule has 4 heteroatoms. The third-order valence-electron chi connectivity index (χ3n) is 6.46. The van der Waals surface area contributed by atoms with Crippen LogP contribution in [0, 0.1) is 18.8 Å². The third-order valence-corrected chi connectivity index (χ3v) is 6.46. The molecule has 3 fully saturated rings. The van der Waals surface area contributed by atoms with E-state index in [0.717, 1.165) is 32.5 Å². The summed E-state index contributed by atoms with van der Waals surface area (Å²) >= 11 is 0. The maximum atomic E-state index is 12.8. The van der Waals surface area contributed by atoms with Crippen LogP contribution in [0.1, 0.15) is 30.4 Å². The summed E-state index contributed by atoms with van der Waals surface area (Å²) in [7, 11) is 4.27. The van der Waals surface area contributed by atoms with Crippen LogP contribution in [-0.4, -0.2) is 61.1 Å². The molecule has 136 valence electrons. The normalized spacial score (nSPS) is 33.3. The summed E-state index contributed by atoms with van der Waals surface area (Å²) < 4.78 is 6.43. The van der Waals surface area contributed by atoms with E-state index < -0.39 is 0 Å². The zero-order chi connectivity index (χ0) is 17.6. The predicted octanol–water partition coefficient (Wildman–Crippen LogP) is 2.50. The van der Waals surface area contributed by atoms with Crippen molar-refractivity contribution < 1.29 is 9.53 Å². The van der Waals surface area contributed by atoms with Crippen LogP contribution < -0.4 is 0 Å². The van der Waals surface area contributed by atoms with Gasteiger partial charge in [-0.2, -0.15) is 0 Å². The van der Waals surface area contributed by atoms with Crippen molar-refractivity contribution in [1.29, 1.82) is 0 Å². The van der Waals surface area contributed by atoms with Crippen LogP contribution in [-0.2, 0) is 16.0 Å². The lowest BCUT2D eigenvalue weighted by molar-refractivity contribution is -0.131. The average molecular weight is 342 g/mol. The Morgan fingerprint density at radius 3 is 2.80 bits per heavy atom. The van der Waals surface area contributed by atoms with E-state index in [1.54, 1.807) is 0 Å². The fraction of sp³-hybridized carbons (Fsp3) is 0.667. The van der Waals surface area contributed by atoms with Crippen molar-refractivity contribution in [2.45, 2.75) is 44.3 Å². The van der Waals surface area contributed by atoms with Crippen LogP contribution in [0.3, 0.4) is 0 Å². The van der Waals surface area contributed by atoms with E-state index in [1.807, 2.05) is 0 Å². The highest BCUT2D eigenvalue weighted by molar-refractivity contribution is 5.77. The van der Waals surface area contributed by atoms with Crippen molar-refractivity contribution in [2.75, 3.05) is 33.7 Å². The molecule has 1 aromatic carbocycles. The largest absolute Gasteiger partial charge is 0.369 e. The van der Waals surface area contributed by atoms with E-state index in [2.05, 4.69) is 55.1 Å². The van der Waals surface area contributed by atoms with E-state index in [9.17, 15) is 4.79 Å². The van der Waals surface area contributed by atoms with Crippen molar-refractivity contribution >= 4 is 5.91 Å². The van der Waals surface area contributed by atoms with Gasteiger partial charge in [0, 0.05) is 31.3 Å². The first-order valence-electron chi connectivity index (χ1n) is 9.63. The van der Waals surface area contributed by atoms with Crippen molar-refractivity contribution in [3.05, 3.63) is 35.4 Å². The van der Waals surface area contributed by atoms with Crippen molar-refractivity contribution in [1.82, 2.24) is 9.80 Å². The number of amides is 1. The maximum absolute atomic E-state index is 12.8. The highest BCUT2D eigenvalue weighted by Crippen LogP contribution is 2.54. The molecule has 0 saturated carbocycles. The minimum Gasteiger partial charge on any atom is -0.369 e. The molecular formula is C21H30N2O2. The summed E-state index contributed by atoms with van der Waals surface area (Å²) in [6.07, 6.45) is 4.15. The predicted molar refractivity (Wildman–Crippen MR) is 98.5 cm³/mol. The topological polar surface area (TPSA) is 32.8 Å². The first-order valence-corrected chi connectivity index (χ1v) is 9.63. The molecule has 2 bridgehead atoms. The monoisotopic (exact) mass is 342 g/mol. The van der Waals surface area contributed by atoms with E-state index in [0.29, 0.717) is 30.3 Å². The minimum atomic E-state index is -0.0368. The molecule has 3 saturated heterocycles. The Balaban J connectivity index is 1.38. The Bertz CT molecular complexity index is 642. The molecule has 25 heavy (non-hydrogen) atoms. The molecule has 4 atom stereocenters. The molecule has 4 nitrogen and oxygen atoms in total. The van der Waals surface area contributed by atoms with E-state index in [-0.39, 0.29) is 5.60 Å². The molecule has 3 aliphatic heterocycles. The molecule has 3 heterocycles. The summed E-state index contributed by atoms with van der Waals surface area (Å²) in [5.74, 6) is 1.40. The van der Waals surface area contributed by atoms with Crippen LogP contribution in [0.5, 0.6) is 0 Å². The fourth-order valence-corrected chi connectivity index (χ4v) is 5.21. The minimum absolute atomic E-state index is 0.0368. The molecule has 0 aromatic heterocycles. The Labute approximate surface area is 151 Å². The number of nitrogens with zero attached hydrogens (tertiary/aromatic N) is 2. The van der Waals surface area contributed by atoms with E-state index >= 15 is 0 Å². The smallest absolute Gasteiger partial charge is 0.223 e. The number of fused-ring (bicyclic) bond motifs is 1. The third kappa shape index (κ3) is 3.11. The summed E-state index contributed by atoms with van der Waals surface area (Å²) in [4.78, 5) is 17.1. The second kappa shape index (κ2) is 6.40. The number of hydrogen-bond donors (Lipinski definition) is 0. The van der Waals surface area contributed by atoms with Crippen LogP contribution in [0.2, 0.25) is 0 Å². The molecule has 0 N–H and O–H groups in total. The fourth-order valence-electron chi connectivity index (χ4n) is 5.21. The Kier molecular flexibility index (Phi) is 4.37. The van der Waals surface area contributed by atoms with Crippen LogP contribution in [0.25, 0.3) is 0 Å². The van der Waals surface area contributed by atoms with Gasteiger partial charge in [0.05, 0.1) is 18.2 Å². The van der Waals surface area contributed by atoms with Crippen molar-refractivity contribution in [3.63, 3.8) is 0 Å². The van der Waals surface area contributed by atoms with Crippen LogP contribution >= 0.6 is 0 Å². The Morgan fingerprint density at radius 1 is 1.32 bits per heavy atom. The lowest BCUT2D eigenvalue weighted by Gasteiger charge is -2.30. The molecule has 0 radical (unpaired) electrons. The summed E-state index contributed by atoms with van der Waals surface area (Å²) in [6, 6.07) is 8.52. The Hall–Kier alpha value is -1.39. The summed E-state index contributed by atoms with van der Waals surface area (Å²) in [5, 5.41) is 0. The SMILES string of the molecule is Cc1ccc(CCC(=O)N2C[C@@H]3[C@H](CN(C)C)[C@H]4CC[C@]3(C2)O4)cc1. The maximum Gasteiger partial charge on any atom is 0.223 e. The van der Waals surface area contributed by atoms with Gasteiger partial charge in [-0.3, -0.25) is 4.79 Å². The zero-order valence-corrected chi connectivity index (χ0v) is 15.7. The molecular weight excluding hydrogens is 312 g/mol. The van der Waals surface area contributed by atoms with Gasteiger partial charge in [-0.1, -0.05) is 29.8 Å². The first kappa shape index (κ1) is 17.0. The number of rotatable bonds is 5. The van der Waals surface area contributed by atoms with Crippen molar-refractivity contribution in [2.24, 2.45) is 11.8 Å². The summed E-state index contributed by atoms with van der Waals surface area (Å²) in [6.45, 7) is 4.87. The zero-order valence-electron chi connectivity index (χ0n) is 15.7. The number of likely N-dealkylation sites (tertiary alicyclic amines) is 1. The summed E-state index contributed by atoms with van der Waals surface area (Å²) in [5.41, 5.74) is 2.48. The molecule has 1 amide bonds. The molecule has 1 aromatic rings. The molecule has 1 spiro atoms. The number of benzene rings is 1. The van der Waals surface area contributed by atoms with Gasteiger partial charge in [-0.25, -0.2) is 0 Å². The van der Waals surface area contributed by atoms with Crippen LogP contribution in [0.4, 0.5) is 0 Å². The standard InChI is InChI=1S/C21H30N2O2/c1-15-4-6-16(7-5-15)8-9-20(24)23-13-18-17(12-22(2)3)19-10-11-21(18,14-23)25-19/h4-7,17-19H,8-14H2,1-3H3/t17-,18+,19+,21+/m0/s1. The van der Waals surface area contributed by atoms with Gasteiger partial charge >= 0.3 is 0 Å². The number of hydrogen-bond acceptors (Lipinski definition) is 3. The molecule has 4 rings (SSSR count). The molecule has 0 unspecified atom stereocenters. The van der Waals surface area contributed by atoms with Gasteiger partial charge in [0.15, 0.2) is 0 Å². The second-order valence-electron chi connectivity index (χ2n) is 8.55. The van der Waals surface area contributed by atoms with Gasteiger partial charge in [0.2, 0.25) is 5.91 Å². The average Bonchev–Trinajstić information content (AvgIpc) is 3.23. The lowest BCUT2D eigenvalue weighted by Crippen LogP contribution is -2.40. The van der Waals surface area contributed by atoms with Gasteiger partial charge in [0.1, 0.15) is 0 Å². The number of aryl methyl sites for hydroxylation is 2. The highest BCUT2D eigenvalue weighted by atomic mass is 16.5. The van der Waals surface area contributed by atoms with Gasteiger partial charge in [-0.05, 0) is 45.8 Å². The number of carbonyl (C=O) groups excluding carboxylic acids is 1. The first-order chi connectivity index (χ1) is 12.0. The molecule has 0 aliphatic carbocycles.